The quantitative estimate of drug-likeness (QED) is 0.662. The zero-order chi connectivity index (χ0) is 16.7. The maximum Gasteiger partial charge on any atom is 0.143 e. The van der Waals surface area contributed by atoms with Gasteiger partial charge in [-0.2, -0.15) is 0 Å². The fraction of sp³-hybridized carbons (Fsp3) is 0.550. The van der Waals surface area contributed by atoms with Crippen LogP contribution in [-0.4, -0.2) is 12.4 Å². The molecule has 0 unspecified atom stereocenters. The van der Waals surface area contributed by atoms with Gasteiger partial charge in [0, 0.05) is 6.42 Å². The SMILES string of the molecule is CCC(=O)C1(c2ccc(OC/C(=C/F)CC)cc2)CCCCC1. The Bertz CT molecular complexity index is 539. The van der Waals surface area contributed by atoms with Gasteiger partial charge in [0.1, 0.15) is 18.1 Å². The van der Waals surface area contributed by atoms with Crippen LogP contribution in [0.25, 0.3) is 0 Å². The van der Waals surface area contributed by atoms with Crippen LogP contribution in [0.1, 0.15) is 64.4 Å². The van der Waals surface area contributed by atoms with E-state index in [1.807, 2.05) is 38.1 Å². The molecule has 0 radical (unpaired) electrons. The van der Waals surface area contributed by atoms with Gasteiger partial charge >= 0.3 is 0 Å². The summed E-state index contributed by atoms with van der Waals surface area (Å²) in [4.78, 5) is 12.6. The molecule has 1 saturated carbocycles. The van der Waals surface area contributed by atoms with Crippen molar-refractivity contribution >= 4 is 5.78 Å². The minimum Gasteiger partial charge on any atom is -0.489 e. The van der Waals surface area contributed by atoms with Gasteiger partial charge in [-0.25, -0.2) is 4.39 Å². The van der Waals surface area contributed by atoms with Crippen LogP contribution >= 0.6 is 0 Å². The van der Waals surface area contributed by atoms with E-state index in [1.54, 1.807) is 0 Å². The van der Waals surface area contributed by atoms with Crippen LogP contribution in [0.5, 0.6) is 5.75 Å². The molecular formula is C20H27FO2. The van der Waals surface area contributed by atoms with Crippen molar-refractivity contribution in [3.8, 4) is 5.75 Å². The summed E-state index contributed by atoms with van der Waals surface area (Å²) < 4.78 is 18.2. The molecule has 0 spiro atoms. The molecule has 0 atom stereocenters. The highest BCUT2D eigenvalue weighted by Crippen LogP contribution is 2.41. The van der Waals surface area contributed by atoms with Gasteiger partial charge in [0.2, 0.25) is 0 Å². The number of Topliss-reactive ketones (excluding diaryl/α,β-unsaturated/α-hetero) is 1. The topological polar surface area (TPSA) is 26.3 Å². The molecule has 2 nitrogen and oxygen atoms in total. The first-order valence-electron chi connectivity index (χ1n) is 8.71. The molecule has 0 aliphatic heterocycles. The van der Waals surface area contributed by atoms with E-state index in [2.05, 4.69) is 0 Å². The molecule has 1 aliphatic carbocycles. The first-order chi connectivity index (χ1) is 11.2. The smallest absolute Gasteiger partial charge is 0.143 e. The predicted octanol–water partition coefficient (Wildman–Crippen LogP) is 5.51. The van der Waals surface area contributed by atoms with Gasteiger partial charge in [0.25, 0.3) is 0 Å². The second kappa shape index (κ2) is 8.28. The molecule has 0 amide bonds. The predicted molar refractivity (Wildman–Crippen MR) is 91.5 cm³/mol. The van der Waals surface area contributed by atoms with Crippen LogP contribution in [0.2, 0.25) is 0 Å². The molecule has 0 N–H and O–H groups in total. The Labute approximate surface area is 138 Å². The van der Waals surface area contributed by atoms with E-state index in [9.17, 15) is 9.18 Å². The summed E-state index contributed by atoms with van der Waals surface area (Å²) >= 11 is 0. The zero-order valence-corrected chi connectivity index (χ0v) is 14.2. The van der Waals surface area contributed by atoms with Crippen LogP contribution in [0.3, 0.4) is 0 Å². The lowest BCUT2D eigenvalue weighted by molar-refractivity contribution is -0.125. The molecule has 3 heteroatoms. The maximum atomic E-state index is 12.6. The first kappa shape index (κ1) is 17.7. The second-order valence-electron chi connectivity index (χ2n) is 6.35. The normalized spacial score (nSPS) is 17.8. The van der Waals surface area contributed by atoms with Gasteiger partial charge in [-0.05, 0) is 42.5 Å². The van der Waals surface area contributed by atoms with E-state index in [1.165, 1.54) is 6.42 Å². The fourth-order valence-electron chi connectivity index (χ4n) is 3.48. The van der Waals surface area contributed by atoms with Crippen molar-refractivity contribution in [2.75, 3.05) is 6.61 Å². The lowest BCUT2D eigenvalue weighted by Gasteiger charge is -2.36. The van der Waals surface area contributed by atoms with Crippen molar-refractivity contribution in [1.29, 1.82) is 0 Å². The molecule has 126 valence electrons. The van der Waals surface area contributed by atoms with E-state index in [0.29, 0.717) is 30.5 Å². The van der Waals surface area contributed by atoms with Crippen molar-refractivity contribution in [1.82, 2.24) is 0 Å². The molecular weight excluding hydrogens is 291 g/mol. The highest BCUT2D eigenvalue weighted by molar-refractivity contribution is 5.90. The number of halogens is 1. The van der Waals surface area contributed by atoms with Gasteiger partial charge in [-0.15, -0.1) is 0 Å². The van der Waals surface area contributed by atoms with E-state index in [4.69, 9.17) is 4.74 Å². The molecule has 0 aromatic heterocycles. The highest BCUT2D eigenvalue weighted by Gasteiger charge is 2.39. The first-order valence-corrected chi connectivity index (χ1v) is 8.71. The maximum absolute atomic E-state index is 12.6. The van der Waals surface area contributed by atoms with Crippen molar-refractivity contribution in [2.45, 2.75) is 64.2 Å². The van der Waals surface area contributed by atoms with Crippen LogP contribution < -0.4 is 4.74 Å². The summed E-state index contributed by atoms with van der Waals surface area (Å²) in [6.07, 6.45) is 7.19. The fourth-order valence-corrected chi connectivity index (χ4v) is 3.48. The van der Waals surface area contributed by atoms with Crippen molar-refractivity contribution < 1.29 is 13.9 Å². The summed E-state index contributed by atoms with van der Waals surface area (Å²) in [5.74, 6) is 1.07. The van der Waals surface area contributed by atoms with E-state index in [0.717, 1.165) is 37.0 Å². The van der Waals surface area contributed by atoms with E-state index in [-0.39, 0.29) is 12.0 Å². The molecule has 23 heavy (non-hydrogen) atoms. The molecule has 0 saturated heterocycles. The third-order valence-electron chi connectivity index (χ3n) is 5.00. The van der Waals surface area contributed by atoms with Crippen LogP contribution in [0.4, 0.5) is 4.39 Å². The van der Waals surface area contributed by atoms with E-state index >= 15 is 0 Å². The summed E-state index contributed by atoms with van der Waals surface area (Å²) in [6, 6.07) is 7.83. The van der Waals surface area contributed by atoms with Gasteiger partial charge in [-0.3, -0.25) is 4.79 Å². The third kappa shape index (κ3) is 4.01. The van der Waals surface area contributed by atoms with Gasteiger partial charge < -0.3 is 4.74 Å². The minimum atomic E-state index is -0.307. The van der Waals surface area contributed by atoms with Crippen LogP contribution in [0, 0.1) is 0 Å². The standard InChI is InChI=1S/C20H27FO2/c1-3-16(14-21)15-23-18-10-8-17(9-11-18)20(19(22)4-2)12-6-5-7-13-20/h8-11,14H,3-7,12-13,15H2,1-2H3/b16-14+. The number of hydrogen-bond acceptors (Lipinski definition) is 2. The Morgan fingerprint density at radius 2 is 1.78 bits per heavy atom. The van der Waals surface area contributed by atoms with Crippen LogP contribution in [-0.2, 0) is 10.2 Å². The van der Waals surface area contributed by atoms with Crippen molar-refractivity contribution in [2.24, 2.45) is 0 Å². The number of rotatable bonds is 7. The van der Waals surface area contributed by atoms with E-state index < -0.39 is 0 Å². The number of carbonyl (C=O) groups is 1. The minimum absolute atomic E-state index is 0.269. The number of ketones is 1. The highest BCUT2D eigenvalue weighted by atomic mass is 19.1. The molecule has 0 heterocycles. The van der Waals surface area contributed by atoms with Crippen LogP contribution in [0.15, 0.2) is 36.2 Å². The van der Waals surface area contributed by atoms with Crippen molar-refractivity contribution in [3.05, 3.63) is 41.7 Å². The molecule has 1 aromatic rings. The Morgan fingerprint density at radius 1 is 1.13 bits per heavy atom. The number of benzene rings is 1. The van der Waals surface area contributed by atoms with Gasteiger partial charge in [-0.1, -0.05) is 45.2 Å². The Hall–Kier alpha value is -1.64. The van der Waals surface area contributed by atoms with Crippen molar-refractivity contribution in [3.63, 3.8) is 0 Å². The molecule has 2 rings (SSSR count). The average molecular weight is 318 g/mol. The monoisotopic (exact) mass is 318 g/mol. The molecule has 1 fully saturated rings. The summed E-state index contributed by atoms with van der Waals surface area (Å²) in [5.41, 5.74) is 1.44. The molecule has 0 bridgehead atoms. The summed E-state index contributed by atoms with van der Waals surface area (Å²) in [7, 11) is 0. The number of ether oxygens (including phenoxy) is 1. The van der Waals surface area contributed by atoms with Gasteiger partial charge in [0.15, 0.2) is 0 Å². The summed E-state index contributed by atoms with van der Waals surface area (Å²) in [6.45, 7) is 4.12. The summed E-state index contributed by atoms with van der Waals surface area (Å²) in [5, 5.41) is 0. The molecule has 1 aliphatic rings. The van der Waals surface area contributed by atoms with Gasteiger partial charge in [0.05, 0.1) is 11.7 Å². The Kier molecular flexibility index (Phi) is 6.37. The number of carbonyl (C=O) groups excluding carboxylic acids is 1. The Morgan fingerprint density at radius 3 is 2.30 bits per heavy atom. The second-order valence-corrected chi connectivity index (χ2v) is 6.35. The third-order valence-corrected chi connectivity index (χ3v) is 5.00. The Balaban J connectivity index is 2.14. The lowest BCUT2D eigenvalue weighted by Crippen LogP contribution is -2.37. The zero-order valence-electron chi connectivity index (χ0n) is 14.2. The molecule has 1 aromatic carbocycles. The number of hydrogen-bond donors (Lipinski definition) is 0. The largest absolute Gasteiger partial charge is 0.489 e. The average Bonchev–Trinajstić information content (AvgIpc) is 2.63. The lowest BCUT2D eigenvalue weighted by atomic mass is 9.66.